The number of hydrogen-bond donors (Lipinski definition) is 2. The lowest BCUT2D eigenvalue weighted by molar-refractivity contribution is 0.0698. The maximum Gasteiger partial charge on any atom is 0.337 e. The van der Waals surface area contributed by atoms with Gasteiger partial charge >= 0.3 is 5.97 Å². The minimum Gasteiger partial charge on any atom is -0.478 e. The molecule has 2 N–H and O–H groups in total. The summed E-state index contributed by atoms with van der Waals surface area (Å²) in [6, 6.07) is 6.78. The van der Waals surface area contributed by atoms with Gasteiger partial charge in [-0.25, -0.2) is 4.79 Å². The predicted molar refractivity (Wildman–Crippen MR) is 90.5 cm³/mol. The molecular weight excluding hydrogens is 422 g/mol. The Labute approximate surface area is 142 Å². The van der Waals surface area contributed by atoms with Crippen molar-refractivity contribution in [3.8, 4) is 0 Å². The maximum absolute atomic E-state index is 12.2. The number of amides is 1. The lowest BCUT2D eigenvalue weighted by atomic mass is 10.2. The quantitative estimate of drug-likeness (QED) is 0.729. The highest BCUT2D eigenvalue weighted by atomic mass is 79.9. The zero-order valence-electron chi connectivity index (χ0n) is 10.9. The molecule has 0 spiro atoms. The molecule has 21 heavy (non-hydrogen) atoms. The van der Waals surface area contributed by atoms with Gasteiger partial charge in [-0.2, -0.15) is 0 Å². The molecule has 0 saturated heterocycles. The van der Waals surface area contributed by atoms with Crippen molar-refractivity contribution in [2.45, 2.75) is 13.3 Å². The first-order valence-electron chi connectivity index (χ1n) is 6.04. The van der Waals surface area contributed by atoms with E-state index < -0.39 is 5.97 Å². The van der Waals surface area contributed by atoms with Crippen LogP contribution in [0.15, 0.2) is 33.2 Å². The summed E-state index contributed by atoms with van der Waals surface area (Å²) in [4.78, 5) is 25.2. The first-order valence-corrected chi connectivity index (χ1v) is 8.45. The Morgan fingerprint density at radius 1 is 1.29 bits per heavy atom. The summed E-state index contributed by atoms with van der Waals surface area (Å²) < 4.78 is 1.13. The summed E-state index contributed by atoms with van der Waals surface area (Å²) in [5.41, 5.74) is 0.277. The largest absolute Gasteiger partial charge is 0.478 e. The monoisotopic (exact) mass is 431 g/mol. The number of carboxylic acids is 1. The molecule has 0 atom stereocenters. The average molecular weight is 433 g/mol. The van der Waals surface area contributed by atoms with Crippen LogP contribution in [0.25, 0.3) is 0 Å². The molecule has 1 amide bonds. The zero-order valence-corrected chi connectivity index (χ0v) is 14.9. The van der Waals surface area contributed by atoms with E-state index in [-0.39, 0.29) is 17.2 Å². The van der Waals surface area contributed by atoms with Gasteiger partial charge in [0.1, 0.15) is 0 Å². The van der Waals surface area contributed by atoms with Crippen LogP contribution < -0.4 is 5.32 Å². The fourth-order valence-corrected chi connectivity index (χ4v) is 3.90. The van der Waals surface area contributed by atoms with E-state index in [9.17, 15) is 14.7 Å². The van der Waals surface area contributed by atoms with Gasteiger partial charge in [0.25, 0.3) is 5.91 Å². The van der Waals surface area contributed by atoms with Crippen molar-refractivity contribution in [1.29, 1.82) is 0 Å². The van der Waals surface area contributed by atoms with Gasteiger partial charge in [0.15, 0.2) is 0 Å². The number of thiophene rings is 1. The highest BCUT2D eigenvalue weighted by Crippen LogP contribution is 2.31. The van der Waals surface area contributed by atoms with Gasteiger partial charge in [-0.05, 0) is 46.6 Å². The van der Waals surface area contributed by atoms with Crippen molar-refractivity contribution < 1.29 is 14.7 Å². The van der Waals surface area contributed by atoms with Gasteiger partial charge in [-0.15, -0.1) is 11.3 Å². The Hall–Kier alpha value is -1.18. The van der Waals surface area contributed by atoms with Crippen molar-refractivity contribution >= 4 is 60.8 Å². The van der Waals surface area contributed by atoms with Gasteiger partial charge in [0.2, 0.25) is 0 Å². The van der Waals surface area contributed by atoms with E-state index in [1.165, 1.54) is 17.4 Å². The number of carbonyl (C=O) groups excluding carboxylic acids is 1. The Kier molecular flexibility index (Phi) is 5.18. The molecule has 4 nitrogen and oxygen atoms in total. The molecule has 0 aliphatic carbocycles. The molecule has 1 heterocycles. The van der Waals surface area contributed by atoms with E-state index in [2.05, 4.69) is 37.2 Å². The summed E-state index contributed by atoms with van der Waals surface area (Å²) in [5.74, 6) is -1.42. The number of benzene rings is 1. The Morgan fingerprint density at radius 2 is 2.00 bits per heavy atom. The smallest absolute Gasteiger partial charge is 0.337 e. The third-order valence-corrected chi connectivity index (χ3v) is 5.07. The van der Waals surface area contributed by atoms with Crippen molar-refractivity contribution in [2.75, 3.05) is 5.32 Å². The van der Waals surface area contributed by atoms with Crippen LogP contribution in [0.2, 0.25) is 0 Å². The highest BCUT2D eigenvalue weighted by molar-refractivity contribution is 9.11. The molecule has 0 unspecified atom stereocenters. The van der Waals surface area contributed by atoms with Crippen LogP contribution >= 0.6 is 43.2 Å². The first-order chi connectivity index (χ1) is 9.92. The number of nitrogens with one attached hydrogen (secondary N) is 1. The van der Waals surface area contributed by atoms with Crippen LogP contribution in [0.5, 0.6) is 0 Å². The molecule has 0 aliphatic rings. The van der Waals surface area contributed by atoms with Gasteiger partial charge in [0, 0.05) is 13.8 Å². The number of aromatic carboxylic acids is 1. The number of carbonyl (C=O) groups is 2. The van der Waals surface area contributed by atoms with E-state index in [1.807, 2.05) is 13.0 Å². The number of rotatable bonds is 4. The van der Waals surface area contributed by atoms with E-state index in [0.717, 1.165) is 11.3 Å². The van der Waals surface area contributed by atoms with E-state index >= 15 is 0 Å². The normalized spacial score (nSPS) is 10.4. The lowest BCUT2D eigenvalue weighted by Crippen LogP contribution is -2.14. The van der Waals surface area contributed by atoms with Crippen LogP contribution in [-0.2, 0) is 6.42 Å². The summed E-state index contributed by atoms with van der Waals surface area (Å²) >= 11 is 7.92. The highest BCUT2D eigenvalue weighted by Gasteiger charge is 2.18. The molecule has 0 aliphatic heterocycles. The molecule has 1 aromatic heterocycles. The molecular formula is C14H11Br2NO3S. The summed E-state index contributed by atoms with van der Waals surface area (Å²) in [5, 5.41) is 11.9. The Morgan fingerprint density at radius 3 is 2.57 bits per heavy atom. The second kappa shape index (κ2) is 6.72. The topological polar surface area (TPSA) is 66.4 Å². The Bertz CT molecular complexity index is 712. The number of carboxylic acid groups (broad SMARTS) is 1. The molecule has 0 radical (unpaired) electrons. The van der Waals surface area contributed by atoms with Crippen molar-refractivity contribution in [2.24, 2.45) is 0 Å². The molecule has 0 saturated carbocycles. The fraction of sp³-hybridized carbons (Fsp3) is 0.143. The number of anilines is 1. The van der Waals surface area contributed by atoms with Crippen LogP contribution in [0.1, 0.15) is 31.8 Å². The average Bonchev–Trinajstić information content (AvgIpc) is 2.90. The fourth-order valence-electron chi connectivity index (χ4n) is 1.73. The second-order valence-electron chi connectivity index (χ2n) is 4.19. The second-order valence-corrected chi connectivity index (χ2v) is 7.13. The number of halogens is 2. The molecule has 2 aromatic rings. The van der Waals surface area contributed by atoms with Gasteiger partial charge < -0.3 is 10.4 Å². The Balaban J connectivity index is 2.34. The van der Waals surface area contributed by atoms with Crippen LogP contribution in [0, 0.1) is 0 Å². The van der Waals surface area contributed by atoms with E-state index in [0.29, 0.717) is 13.8 Å². The summed E-state index contributed by atoms with van der Waals surface area (Å²) in [7, 11) is 0. The molecule has 110 valence electrons. The van der Waals surface area contributed by atoms with Crippen LogP contribution in [0.3, 0.4) is 0 Å². The van der Waals surface area contributed by atoms with E-state index in [4.69, 9.17) is 0 Å². The third kappa shape index (κ3) is 3.72. The van der Waals surface area contributed by atoms with Crippen molar-refractivity contribution in [3.63, 3.8) is 0 Å². The van der Waals surface area contributed by atoms with Crippen molar-refractivity contribution in [1.82, 2.24) is 0 Å². The van der Waals surface area contributed by atoms with Gasteiger partial charge in [-0.3, -0.25) is 4.79 Å². The summed E-state index contributed by atoms with van der Waals surface area (Å²) in [6.07, 6.45) is 0.861. The van der Waals surface area contributed by atoms with Crippen molar-refractivity contribution in [3.05, 3.63) is 48.5 Å². The molecule has 7 heteroatoms. The molecule has 0 fully saturated rings. The first kappa shape index (κ1) is 16.2. The molecule has 2 rings (SSSR count). The minimum absolute atomic E-state index is 0.0249. The van der Waals surface area contributed by atoms with Gasteiger partial charge in [-0.1, -0.05) is 22.9 Å². The molecule has 0 bridgehead atoms. The predicted octanol–water partition coefficient (Wildman–Crippen LogP) is 4.79. The van der Waals surface area contributed by atoms with Crippen LogP contribution in [0.4, 0.5) is 5.69 Å². The SMILES string of the molecule is CCc1ccc(C(=O)Nc2c(Br)cc(Br)cc2C(=O)O)s1. The molecule has 1 aromatic carbocycles. The lowest BCUT2D eigenvalue weighted by Gasteiger charge is -2.10. The third-order valence-electron chi connectivity index (χ3n) is 2.76. The summed E-state index contributed by atoms with van der Waals surface area (Å²) in [6.45, 7) is 2.02. The van der Waals surface area contributed by atoms with E-state index in [1.54, 1.807) is 12.1 Å². The number of hydrogen-bond acceptors (Lipinski definition) is 3. The van der Waals surface area contributed by atoms with Gasteiger partial charge in [0.05, 0.1) is 16.1 Å². The standard InChI is InChI=1S/C14H11Br2NO3S/c1-2-8-3-4-11(21-8)13(18)17-12-9(14(19)20)5-7(15)6-10(12)16/h3-6H,2H2,1H3,(H,17,18)(H,19,20). The van der Waals surface area contributed by atoms with Crippen LogP contribution in [-0.4, -0.2) is 17.0 Å². The number of aryl methyl sites for hydroxylation is 1. The maximum atomic E-state index is 12.2. The minimum atomic E-state index is -1.10. The zero-order chi connectivity index (χ0) is 15.6.